The number of ether oxygens (including phenoxy) is 1. The van der Waals surface area contributed by atoms with Crippen LogP contribution in [0.25, 0.3) is 17.0 Å². The molecule has 1 aliphatic rings. The summed E-state index contributed by atoms with van der Waals surface area (Å²) in [5.74, 6) is -0.311. The summed E-state index contributed by atoms with van der Waals surface area (Å²) in [5, 5.41) is 0.876. The second kappa shape index (κ2) is 5.87. The Kier molecular flexibility index (Phi) is 3.54. The number of para-hydroxylation sites is 1. The standard InChI is InChI=1S/C20H14N2O3/c1-13(23)22-12-15(16-9-5-6-10-18(16)22)11-17-20(24)25-19(21-17)14-7-3-2-4-8-14/h2-12H,1H3. The molecule has 0 unspecified atom stereocenters. The van der Waals surface area contributed by atoms with E-state index in [2.05, 4.69) is 4.99 Å². The molecule has 0 saturated heterocycles. The summed E-state index contributed by atoms with van der Waals surface area (Å²) in [5.41, 5.74) is 2.49. The van der Waals surface area contributed by atoms with Crippen LogP contribution in [0.5, 0.6) is 0 Å². The van der Waals surface area contributed by atoms with Crippen molar-refractivity contribution in [1.82, 2.24) is 4.57 Å². The molecular formula is C20H14N2O3. The average Bonchev–Trinajstić information content (AvgIpc) is 3.18. The highest BCUT2D eigenvalue weighted by molar-refractivity contribution is 6.13. The normalized spacial score (nSPS) is 15.5. The molecule has 0 spiro atoms. The van der Waals surface area contributed by atoms with E-state index in [-0.39, 0.29) is 17.5 Å². The molecule has 1 aliphatic heterocycles. The van der Waals surface area contributed by atoms with Gasteiger partial charge in [-0.3, -0.25) is 9.36 Å². The van der Waals surface area contributed by atoms with E-state index in [4.69, 9.17) is 4.74 Å². The van der Waals surface area contributed by atoms with Gasteiger partial charge in [0.05, 0.1) is 5.52 Å². The Morgan fingerprint density at radius 1 is 1.08 bits per heavy atom. The van der Waals surface area contributed by atoms with Crippen molar-refractivity contribution in [2.75, 3.05) is 0 Å². The fraction of sp³-hybridized carbons (Fsp3) is 0.0500. The van der Waals surface area contributed by atoms with Gasteiger partial charge < -0.3 is 4.74 Å². The highest BCUT2D eigenvalue weighted by Crippen LogP contribution is 2.26. The Bertz CT molecular complexity index is 1060. The summed E-state index contributed by atoms with van der Waals surface area (Å²) in [6, 6.07) is 16.8. The Balaban J connectivity index is 1.81. The van der Waals surface area contributed by atoms with Crippen molar-refractivity contribution < 1.29 is 14.3 Å². The lowest BCUT2D eigenvalue weighted by Gasteiger charge is -1.97. The second-order valence-electron chi connectivity index (χ2n) is 5.69. The van der Waals surface area contributed by atoms with E-state index in [1.807, 2.05) is 54.6 Å². The molecule has 0 saturated carbocycles. The van der Waals surface area contributed by atoms with Gasteiger partial charge in [0.15, 0.2) is 5.70 Å². The molecule has 0 bridgehead atoms. The van der Waals surface area contributed by atoms with Gasteiger partial charge in [-0.2, -0.15) is 0 Å². The number of carbonyl (C=O) groups is 2. The summed E-state index contributed by atoms with van der Waals surface area (Å²) in [7, 11) is 0. The summed E-state index contributed by atoms with van der Waals surface area (Å²) < 4.78 is 6.83. The van der Waals surface area contributed by atoms with E-state index in [9.17, 15) is 9.59 Å². The van der Waals surface area contributed by atoms with Gasteiger partial charge in [-0.1, -0.05) is 36.4 Å². The average molecular weight is 330 g/mol. The smallest absolute Gasteiger partial charge is 0.363 e. The van der Waals surface area contributed by atoms with Crippen molar-refractivity contribution in [3.63, 3.8) is 0 Å². The van der Waals surface area contributed by atoms with Crippen LogP contribution in [0.2, 0.25) is 0 Å². The SMILES string of the molecule is CC(=O)n1cc(C=C2N=C(c3ccccc3)OC2=O)c2ccccc21. The van der Waals surface area contributed by atoms with Gasteiger partial charge >= 0.3 is 5.97 Å². The maximum atomic E-state index is 12.2. The van der Waals surface area contributed by atoms with Crippen molar-refractivity contribution in [2.45, 2.75) is 6.92 Å². The first-order valence-corrected chi connectivity index (χ1v) is 7.82. The number of carbonyl (C=O) groups excluding carboxylic acids is 2. The number of aliphatic imine (C=N–C) groups is 1. The number of aromatic nitrogens is 1. The molecule has 5 heteroatoms. The first-order chi connectivity index (χ1) is 12.1. The van der Waals surface area contributed by atoms with E-state index in [1.165, 1.54) is 6.92 Å². The second-order valence-corrected chi connectivity index (χ2v) is 5.69. The van der Waals surface area contributed by atoms with E-state index >= 15 is 0 Å². The lowest BCUT2D eigenvalue weighted by Crippen LogP contribution is -2.04. The summed E-state index contributed by atoms with van der Waals surface area (Å²) in [4.78, 5) is 28.3. The quantitative estimate of drug-likeness (QED) is 0.532. The third-order valence-corrected chi connectivity index (χ3v) is 4.02. The van der Waals surface area contributed by atoms with Crippen LogP contribution in [0.15, 0.2) is 71.5 Å². The molecule has 25 heavy (non-hydrogen) atoms. The van der Waals surface area contributed by atoms with Crippen molar-refractivity contribution in [3.8, 4) is 0 Å². The van der Waals surface area contributed by atoms with Crippen LogP contribution in [-0.2, 0) is 9.53 Å². The Hall–Kier alpha value is -3.47. The molecule has 0 aliphatic carbocycles. The zero-order chi connectivity index (χ0) is 17.4. The van der Waals surface area contributed by atoms with Gasteiger partial charge in [0.1, 0.15) is 0 Å². The van der Waals surface area contributed by atoms with Crippen LogP contribution in [0.3, 0.4) is 0 Å². The Morgan fingerprint density at radius 3 is 2.56 bits per heavy atom. The van der Waals surface area contributed by atoms with Crippen LogP contribution in [0, 0.1) is 0 Å². The molecule has 5 nitrogen and oxygen atoms in total. The monoisotopic (exact) mass is 330 g/mol. The largest absolute Gasteiger partial charge is 0.402 e. The minimum Gasteiger partial charge on any atom is -0.402 e. The predicted octanol–water partition coefficient (Wildman–Crippen LogP) is 3.65. The lowest BCUT2D eigenvalue weighted by atomic mass is 10.1. The molecule has 0 fully saturated rings. The molecule has 0 N–H and O–H groups in total. The molecule has 2 heterocycles. The van der Waals surface area contributed by atoms with Crippen molar-refractivity contribution >= 4 is 34.8 Å². The topological polar surface area (TPSA) is 60.7 Å². The van der Waals surface area contributed by atoms with Crippen LogP contribution < -0.4 is 0 Å². The minimum atomic E-state index is -0.501. The fourth-order valence-corrected chi connectivity index (χ4v) is 2.84. The van der Waals surface area contributed by atoms with Crippen molar-refractivity contribution in [1.29, 1.82) is 0 Å². The third kappa shape index (κ3) is 2.65. The molecule has 0 amide bonds. The van der Waals surface area contributed by atoms with Gasteiger partial charge in [0.2, 0.25) is 11.8 Å². The van der Waals surface area contributed by atoms with Gasteiger partial charge in [0, 0.05) is 29.6 Å². The van der Waals surface area contributed by atoms with Crippen LogP contribution in [0.4, 0.5) is 0 Å². The van der Waals surface area contributed by atoms with E-state index in [1.54, 1.807) is 16.8 Å². The zero-order valence-electron chi connectivity index (χ0n) is 13.5. The van der Waals surface area contributed by atoms with Gasteiger partial charge in [-0.15, -0.1) is 0 Å². The Labute approximate surface area is 143 Å². The van der Waals surface area contributed by atoms with Gasteiger partial charge in [-0.05, 0) is 24.3 Å². The highest BCUT2D eigenvalue weighted by Gasteiger charge is 2.24. The van der Waals surface area contributed by atoms with E-state index in [0.717, 1.165) is 22.0 Å². The third-order valence-electron chi connectivity index (χ3n) is 4.02. The first kappa shape index (κ1) is 15.1. The minimum absolute atomic E-state index is 0.0941. The van der Waals surface area contributed by atoms with E-state index < -0.39 is 5.97 Å². The highest BCUT2D eigenvalue weighted by atomic mass is 16.6. The number of hydrogen-bond donors (Lipinski definition) is 0. The van der Waals surface area contributed by atoms with Crippen LogP contribution in [-0.4, -0.2) is 22.3 Å². The molecule has 122 valence electrons. The maximum absolute atomic E-state index is 12.2. The maximum Gasteiger partial charge on any atom is 0.363 e. The van der Waals surface area contributed by atoms with Crippen molar-refractivity contribution in [2.24, 2.45) is 4.99 Å². The molecular weight excluding hydrogens is 316 g/mol. The predicted molar refractivity (Wildman–Crippen MR) is 95.3 cm³/mol. The number of esters is 1. The van der Waals surface area contributed by atoms with E-state index in [0.29, 0.717) is 0 Å². The first-order valence-electron chi connectivity index (χ1n) is 7.82. The summed E-state index contributed by atoms with van der Waals surface area (Å²) in [6.45, 7) is 1.50. The summed E-state index contributed by atoms with van der Waals surface area (Å²) in [6.07, 6.45) is 3.36. The molecule has 0 radical (unpaired) electrons. The number of benzene rings is 2. The molecule has 3 aromatic rings. The number of fused-ring (bicyclic) bond motifs is 1. The van der Waals surface area contributed by atoms with Crippen LogP contribution >= 0.6 is 0 Å². The van der Waals surface area contributed by atoms with Crippen molar-refractivity contribution in [3.05, 3.63) is 77.6 Å². The van der Waals surface area contributed by atoms with Gasteiger partial charge in [-0.25, -0.2) is 9.79 Å². The molecule has 4 rings (SSSR count). The number of rotatable bonds is 2. The number of hydrogen-bond acceptors (Lipinski definition) is 4. The summed E-state index contributed by atoms with van der Waals surface area (Å²) >= 11 is 0. The Morgan fingerprint density at radius 2 is 1.80 bits per heavy atom. The van der Waals surface area contributed by atoms with Crippen LogP contribution in [0.1, 0.15) is 22.8 Å². The molecule has 1 aromatic heterocycles. The van der Waals surface area contributed by atoms with Gasteiger partial charge in [0.25, 0.3) is 0 Å². The zero-order valence-corrected chi connectivity index (χ0v) is 13.5. The fourth-order valence-electron chi connectivity index (χ4n) is 2.84. The number of nitrogens with zero attached hydrogens (tertiary/aromatic N) is 2. The molecule has 2 aromatic carbocycles. The molecule has 0 atom stereocenters. The number of cyclic esters (lactones) is 1. The lowest BCUT2D eigenvalue weighted by molar-refractivity contribution is -0.129.